The summed E-state index contributed by atoms with van der Waals surface area (Å²) in [4.78, 5) is 0. The van der Waals surface area contributed by atoms with Crippen LogP contribution in [0.2, 0.25) is 5.02 Å². The van der Waals surface area contributed by atoms with Gasteiger partial charge in [0.05, 0.1) is 0 Å². The van der Waals surface area contributed by atoms with Gasteiger partial charge in [0, 0.05) is 10.4 Å². The highest BCUT2D eigenvalue weighted by Gasteiger charge is 2.00. The molecule has 1 atom stereocenters. The quantitative estimate of drug-likeness (QED) is 0.745. The van der Waals surface area contributed by atoms with E-state index in [1.807, 2.05) is 25.1 Å². The molecule has 0 aliphatic rings. The normalized spacial score (nSPS) is 12.6. The van der Waals surface area contributed by atoms with E-state index in [0.29, 0.717) is 5.02 Å². The Morgan fingerprint density at radius 1 is 1.58 bits per heavy atom. The number of hydrogen-bond donors (Lipinski definition) is 0. The minimum Gasteiger partial charge on any atom is -0.490 e. The minimum atomic E-state index is 0.170. The van der Waals surface area contributed by atoms with Crippen molar-refractivity contribution in [3.05, 3.63) is 29.3 Å². The van der Waals surface area contributed by atoms with Crippen LogP contribution in [0.25, 0.3) is 0 Å². The van der Waals surface area contributed by atoms with Gasteiger partial charge in [0.1, 0.15) is 11.9 Å². The zero-order valence-electron chi connectivity index (χ0n) is 6.76. The number of alkyl halides is 1. The van der Waals surface area contributed by atoms with Crippen molar-refractivity contribution in [3.8, 4) is 5.75 Å². The molecule has 0 aliphatic carbocycles. The Balaban J connectivity index is 2.63. The standard InChI is InChI=1S/C9H10BrClO/c1-7(6-10)12-9-4-2-3-8(11)5-9/h2-5,7H,6H2,1H3. The van der Waals surface area contributed by atoms with E-state index in [4.69, 9.17) is 16.3 Å². The van der Waals surface area contributed by atoms with Crippen molar-refractivity contribution >= 4 is 27.5 Å². The molecule has 1 nitrogen and oxygen atoms in total. The fraction of sp³-hybridized carbons (Fsp3) is 0.333. The van der Waals surface area contributed by atoms with Gasteiger partial charge in [-0.3, -0.25) is 0 Å². The molecule has 0 amide bonds. The molecule has 1 rings (SSSR count). The van der Waals surface area contributed by atoms with E-state index in [1.165, 1.54) is 0 Å². The maximum Gasteiger partial charge on any atom is 0.121 e. The summed E-state index contributed by atoms with van der Waals surface area (Å²) < 4.78 is 5.51. The summed E-state index contributed by atoms with van der Waals surface area (Å²) in [5.74, 6) is 0.814. The van der Waals surface area contributed by atoms with Gasteiger partial charge in [0.2, 0.25) is 0 Å². The Morgan fingerprint density at radius 2 is 2.33 bits per heavy atom. The Hall–Kier alpha value is -0.210. The lowest BCUT2D eigenvalue weighted by Gasteiger charge is -2.11. The zero-order valence-corrected chi connectivity index (χ0v) is 9.10. The maximum absolute atomic E-state index is 5.78. The van der Waals surface area contributed by atoms with Crippen LogP contribution in [0.1, 0.15) is 6.92 Å². The Kier molecular flexibility index (Phi) is 3.89. The minimum absolute atomic E-state index is 0.170. The number of hydrogen-bond acceptors (Lipinski definition) is 1. The van der Waals surface area contributed by atoms with Crippen molar-refractivity contribution < 1.29 is 4.74 Å². The van der Waals surface area contributed by atoms with Gasteiger partial charge < -0.3 is 4.74 Å². The van der Waals surface area contributed by atoms with E-state index in [1.54, 1.807) is 6.07 Å². The van der Waals surface area contributed by atoms with Crippen LogP contribution in [-0.4, -0.2) is 11.4 Å². The molecular weight excluding hydrogens is 239 g/mol. The lowest BCUT2D eigenvalue weighted by atomic mass is 10.3. The van der Waals surface area contributed by atoms with Gasteiger partial charge >= 0.3 is 0 Å². The Morgan fingerprint density at radius 3 is 2.92 bits per heavy atom. The van der Waals surface area contributed by atoms with Crippen LogP contribution in [0.4, 0.5) is 0 Å². The first kappa shape index (κ1) is 9.87. The van der Waals surface area contributed by atoms with Crippen molar-refractivity contribution in [1.82, 2.24) is 0 Å². The van der Waals surface area contributed by atoms with E-state index >= 15 is 0 Å². The van der Waals surface area contributed by atoms with Crippen LogP contribution in [0.15, 0.2) is 24.3 Å². The molecule has 1 aromatic carbocycles. The van der Waals surface area contributed by atoms with Crippen LogP contribution in [-0.2, 0) is 0 Å². The number of ether oxygens (including phenoxy) is 1. The summed E-state index contributed by atoms with van der Waals surface area (Å²) in [5.41, 5.74) is 0. The van der Waals surface area contributed by atoms with Crippen molar-refractivity contribution in [1.29, 1.82) is 0 Å². The molecule has 0 saturated heterocycles. The van der Waals surface area contributed by atoms with Crippen LogP contribution < -0.4 is 4.74 Å². The first-order chi connectivity index (χ1) is 5.72. The van der Waals surface area contributed by atoms with E-state index < -0.39 is 0 Å². The van der Waals surface area contributed by atoms with E-state index in [-0.39, 0.29) is 6.10 Å². The van der Waals surface area contributed by atoms with Crippen molar-refractivity contribution in [3.63, 3.8) is 0 Å². The first-order valence-corrected chi connectivity index (χ1v) is 5.20. The highest BCUT2D eigenvalue weighted by atomic mass is 79.9. The van der Waals surface area contributed by atoms with Gasteiger partial charge in [-0.15, -0.1) is 0 Å². The van der Waals surface area contributed by atoms with Gasteiger partial charge in [0.25, 0.3) is 0 Å². The maximum atomic E-state index is 5.78. The highest BCUT2D eigenvalue weighted by Crippen LogP contribution is 2.18. The molecule has 0 bridgehead atoms. The SMILES string of the molecule is CC(CBr)Oc1cccc(Cl)c1. The average Bonchev–Trinajstić information content (AvgIpc) is 2.04. The predicted octanol–water partition coefficient (Wildman–Crippen LogP) is 3.50. The Bertz CT molecular complexity index is 252. The fourth-order valence-corrected chi connectivity index (χ4v) is 1.12. The molecule has 0 aromatic heterocycles. The number of benzene rings is 1. The van der Waals surface area contributed by atoms with Crippen molar-refractivity contribution in [2.45, 2.75) is 13.0 Å². The second-order valence-corrected chi connectivity index (χ2v) is 3.62. The first-order valence-electron chi connectivity index (χ1n) is 3.70. The molecule has 0 heterocycles. The highest BCUT2D eigenvalue weighted by molar-refractivity contribution is 9.09. The van der Waals surface area contributed by atoms with Crippen molar-refractivity contribution in [2.75, 3.05) is 5.33 Å². The van der Waals surface area contributed by atoms with Gasteiger partial charge in [-0.1, -0.05) is 33.6 Å². The van der Waals surface area contributed by atoms with Crippen LogP contribution in [0.3, 0.4) is 0 Å². The van der Waals surface area contributed by atoms with E-state index in [0.717, 1.165) is 11.1 Å². The molecule has 0 spiro atoms. The van der Waals surface area contributed by atoms with Crippen LogP contribution in [0, 0.1) is 0 Å². The number of rotatable bonds is 3. The molecule has 12 heavy (non-hydrogen) atoms. The largest absolute Gasteiger partial charge is 0.490 e. The summed E-state index contributed by atoms with van der Waals surface area (Å²) in [7, 11) is 0. The summed E-state index contributed by atoms with van der Waals surface area (Å²) in [5, 5.41) is 1.52. The van der Waals surface area contributed by atoms with E-state index in [9.17, 15) is 0 Å². The smallest absolute Gasteiger partial charge is 0.121 e. The Labute approximate surface area is 85.8 Å². The second-order valence-electron chi connectivity index (χ2n) is 2.54. The molecule has 0 radical (unpaired) electrons. The third-order valence-corrected chi connectivity index (χ3v) is 2.50. The third-order valence-electron chi connectivity index (χ3n) is 1.35. The van der Waals surface area contributed by atoms with Crippen molar-refractivity contribution in [2.24, 2.45) is 0 Å². The molecule has 0 fully saturated rings. The summed E-state index contributed by atoms with van der Waals surface area (Å²) >= 11 is 9.11. The molecular formula is C9H10BrClO. The molecule has 0 saturated carbocycles. The summed E-state index contributed by atoms with van der Waals surface area (Å²) in [6.45, 7) is 2.00. The lowest BCUT2D eigenvalue weighted by Crippen LogP contribution is -2.12. The lowest BCUT2D eigenvalue weighted by molar-refractivity contribution is 0.248. The molecule has 3 heteroatoms. The summed E-state index contributed by atoms with van der Waals surface area (Å²) in [6.07, 6.45) is 0.170. The monoisotopic (exact) mass is 248 g/mol. The van der Waals surface area contributed by atoms with Gasteiger partial charge in [-0.25, -0.2) is 0 Å². The molecule has 1 unspecified atom stereocenters. The molecule has 0 N–H and O–H groups in total. The van der Waals surface area contributed by atoms with E-state index in [2.05, 4.69) is 15.9 Å². The summed E-state index contributed by atoms with van der Waals surface area (Å²) in [6, 6.07) is 7.40. The number of halogens is 2. The molecule has 1 aromatic rings. The zero-order chi connectivity index (χ0) is 8.97. The van der Waals surface area contributed by atoms with Gasteiger partial charge in [-0.05, 0) is 25.1 Å². The van der Waals surface area contributed by atoms with Crippen LogP contribution >= 0.6 is 27.5 Å². The fourth-order valence-electron chi connectivity index (χ4n) is 0.804. The van der Waals surface area contributed by atoms with Gasteiger partial charge in [0.15, 0.2) is 0 Å². The second kappa shape index (κ2) is 4.73. The molecule has 0 aliphatic heterocycles. The predicted molar refractivity (Wildman–Crippen MR) is 55.3 cm³/mol. The molecule has 66 valence electrons. The topological polar surface area (TPSA) is 9.23 Å². The van der Waals surface area contributed by atoms with Gasteiger partial charge in [-0.2, -0.15) is 0 Å². The average molecular weight is 250 g/mol. The third kappa shape index (κ3) is 3.03. The van der Waals surface area contributed by atoms with Crippen LogP contribution in [0.5, 0.6) is 5.75 Å².